The van der Waals surface area contributed by atoms with Crippen molar-refractivity contribution in [2.75, 3.05) is 11.4 Å². The maximum atomic E-state index is 2.53. The molecule has 0 saturated carbocycles. The molecule has 0 amide bonds. The molecule has 184 valence electrons. The molecule has 1 aromatic heterocycles. The van der Waals surface area contributed by atoms with Crippen LogP contribution in [0.2, 0.25) is 0 Å². The first kappa shape index (κ1) is 23.8. The first-order valence-electron chi connectivity index (χ1n) is 13.3. The van der Waals surface area contributed by atoms with Crippen LogP contribution in [0.3, 0.4) is 0 Å². The summed E-state index contributed by atoms with van der Waals surface area (Å²) < 4.78 is 2.20. The van der Waals surface area contributed by atoms with Crippen molar-refractivity contribution in [2.45, 2.75) is 38.0 Å². The van der Waals surface area contributed by atoms with Gasteiger partial charge >= 0.3 is 0 Å². The fraction of sp³-hybridized carbons (Fsp3) is 0.206. The molecule has 0 bridgehead atoms. The fourth-order valence-corrected chi connectivity index (χ4v) is 6.74. The van der Waals surface area contributed by atoms with Crippen molar-refractivity contribution in [3.63, 3.8) is 0 Å². The first-order chi connectivity index (χ1) is 18.1. The molecular weight excluding hydrogens is 468 g/mol. The number of hydrogen-bond donors (Lipinski definition) is 0. The van der Waals surface area contributed by atoms with E-state index < -0.39 is 0 Å². The van der Waals surface area contributed by atoms with Crippen LogP contribution in [0.5, 0.6) is 0 Å². The van der Waals surface area contributed by atoms with Crippen LogP contribution in [0.4, 0.5) is 5.69 Å². The Morgan fingerprint density at radius 3 is 2.73 bits per heavy atom. The molecule has 0 saturated heterocycles. The van der Waals surface area contributed by atoms with Crippen molar-refractivity contribution in [3.8, 4) is 11.1 Å². The number of fused-ring (bicyclic) bond motifs is 1. The number of rotatable bonds is 5. The predicted molar refractivity (Wildman–Crippen MR) is 159 cm³/mol. The van der Waals surface area contributed by atoms with Gasteiger partial charge in [0.15, 0.2) is 6.20 Å². The van der Waals surface area contributed by atoms with Crippen LogP contribution in [0, 0.1) is 6.92 Å². The standard InChI is InChI=1S/C34H33N2S/c1-4-25(13-17-33-36-19-8-11-29-21-24(2)22-32(37-33)34(29)36)12-14-27-18-20-35(3)31-16-15-28(23-30(27)31)26-9-6-5-7-10-26/h5-7,9-10,12-18,20-23H,4,8,11,19H2,1-3H3/q+1. The second-order valence-electron chi connectivity index (χ2n) is 10.0. The maximum absolute atomic E-state index is 2.53. The van der Waals surface area contributed by atoms with Gasteiger partial charge in [0.2, 0.25) is 5.52 Å². The number of thioether (sulfide) groups is 1. The molecule has 0 atom stereocenters. The number of anilines is 1. The van der Waals surface area contributed by atoms with Crippen LogP contribution < -0.4 is 9.47 Å². The highest BCUT2D eigenvalue weighted by atomic mass is 32.2. The van der Waals surface area contributed by atoms with E-state index in [2.05, 4.69) is 128 Å². The second kappa shape index (κ2) is 10.1. The number of allylic oxidation sites excluding steroid dienone is 4. The van der Waals surface area contributed by atoms with Crippen LogP contribution >= 0.6 is 11.8 Å². The summed E-state index contributed by atoms with van der Waals surface area (Å²) in [4.78, 5) is 3.95. The summed E-state index contributed by atoms with van der Waals surface area (Å²) in [5.74, 6) is 0. The van der Waals surface area contributed by atoms with Crippen LogP contribution in [0.25, 0.3) is 28.1 Å². The Bertz CT molecular complexity index is 1580. The Balaban J connectivity index is 1.32. The summed E-state index contributed by atoms with van der Waals surface area (Å²) in [6.45, 7) is 5.57. The van der Waals surface area contributed by atoms with Gasteiger partial charge in [0.05, 0.1) is 16.1 Å². The van der Waals surface area contributed by atoms with E-state index in [0.29, 0.717) is 0 Å². The number of nitrogens with zero attached hydrogens (tertiary/aromatic N) is 2. The molecule has 0 aliphatic carbocycles. The zero-order chi connectivity index (χ0) is 25.4. The smallest absolute Gasteiger partial charge is 0.212 e. The lowest BCUT2D eigenvalue weighted by atomic mass is 10.00. The van der Waals surface area contributed by atoms with Crippen LogP contribution in [0.1, 0.15) is 36.5 Å². The molecule has 0 N–H and O–H groups in total. The molecule has 0 spiro atoms. The van der Waals surface area contributed by atoms with E-state index in [1.807, 2.05) is 11.8 Å². The molecule has 3 heterocycles. The molecule has 3 aromatic carbocycles. The monoisotopic (exact) mass is 501 g/mol. The van der Waals surface area contributed by atoms with Crippen molar-refractivity contribution in [1.82, 2.24) is 0 Å². The molecule has 2 nitrogen and oxygen atoms in total. The molecular formula is C34H33N2S+. The largest absolute Gasteiger partial charge is 0.335 e. The summed E-state index contributed by atoms with van der Waals surface area (Å²) in [6.07, 6.45) is 14.8. The lowest BCUT2D eigenvalue weighted by Gasteiger charge is -2.27. The molecule has 6 rings (SSSR count). The number of benzene rings is 3. The molecule has 0 unspecified atom stereocenters. The lowest BCUT2D eigenvalue weighted by Crippen LogP contribution is -2.28. The summed E-state index contributed by atoms with van der Waals surface area (Å²) in [5, 5.41) is 2.63. The van der Waals surface area contributed by atoms with E-state index in [4.69, 9.17) is 0 Å². The molecule has 4 aromatic rings. The fourth-order valence-electron chi connectivity index (χ4n) is 5.50. The minimum atomic E-state index is 0.996. The molecule has 0 radical (unpaired) electrons. The summed E-state index contributed by atoms with van der Waals surface area (Å²) in [5.41, 5.74) is 10.6. The van der Waals surface area contributed by atoms with Crippen molar-refractivity contribution < 1.29 is 4.57 Å². The molecule has 2 aliphatic heterocycles. The van der Waals surface area contributed by atoms with Crippen molar-refractivity contribution in [1.29, 1.82) is 0 Å². The maximum Gasteiger partial charge on any atom is 0.212 e. The van der Waals surface area contributed by atoms with Gasteiger partial charge in [0, 0.05) is 23.6 Å². The predicted octanol–water partition coefficient (Wildman–Crippen LogP) is 8.39. The minimum Gasteiger partial charge on any atom is -0.335 e. The quantitative estimate of drug-likeness (QED) is 0.200. The molecule has 37 heavy (non-hydrogen) atoms. The summed E-state index contributed by atoms with van der Waals surface area (Å²) in [7, 11) is 2.12. The third kappa shape index (κ3) is 4.65. The molecule has 3 heteroatoms. The zero-order valence-electron chi connectivity index (χ0n) is 21.9. The van der Waals surface area contributed by atoms with Gasteiger partial charge in [-0.3, -0.25) is 0 Å². The first-order valence-corrected chi connectivity index (χ1v) is 14.1. The molecule has 2 aliphatic rings. The highest BCUT2D eigenvalue weighted by molar-refractivity contribution is 8.03. The number of pyridine rings is 1. The van der Waals surface area contributed by atoms with E-state index in [1.165, 1.54) is 72.7 Å². The average molecular weight is 502 g/mol. The Kier molecular flexibility index (Phi) is 6.48. The van der Waals surface area contributed by atoms with Crippen molar-refractivity contribution in [2.24, 2.45) is 7.05 Å². The van der Waals surface area contributed by atoms with Gasteiger partial charge in [-0.25, -0.2) is 4.57 Å². The number of aryl methyl sites for hydroxylation is 3. The Morgan fingerprint density at radius 1 is 1.03 bits per heavy atom. The summed E-state index contributed by atoms with van der Waals surface area (Å²) in [6, 6.07) is 24.4. The van der Waals surface area contributed by atoms with Gasteiger partial charge in [-0.15, -0.1) is 0 Å². The number of hydrogen-bond acceptors (Lipinski definition) is 2. The number of aromatic nitrogens is 1. The van der Waals surface area contributed by atoms with Crippen molar-refractivity contribution in [3.05, 3.63) is 118 Å². The van der Waals surface area contributed by atoms with Gasteiger partial charge in [-0.2, -0.15) is 0 Å². The summed E-state index contributed by atoms with van der Waals surface area (Å²) >= 11 is 1.92. The van der Waals surface area contributed by atoms with E-state index in [1.54, 1.807) is 0 Å². The van der Waals surface area contributed by atoms with E-state index in [9.17, 15) is 0 Å². The highest BCUT2D eigenvalue weighted by Crippen LogP contribution is 2.50. The SMILES string of the molecule is CCC(/C=C/c1cc[n+](C)c2ccc(-c3ccccc3)cc12)=C\C=C1/Sc2cc(C)cc3c2N1CCC3. The van der Waals surface area contributed by atoms with Crippen LogP contribution in [-0.2, 0) is 13.5 Å². The van der Waals surface area contributed by atoms with Gasteiger partial charge in [-0.1, -0.05) is 73.3 Å². The van der Waals surface area contributed by atoms with E-state index >= 15 is 0 Å². The van der Waals surface area contributed by atoms with Crippen LogP contribution in [-0.4, -0.2) is 6.54 Å². The normalized spacial score (nSPS) is 16.2. The average Bonchev–Trinajstić information content (AvgIpc) is 3.28. The third-order valence-corrected chi connectivity index (χ3v) is 8.57. The van der Waals surface area contributed by atoms with E-state index in [-0.39, 0.29) is 0 Å². The highest BCUT2D eigenvalue weighted by Gasteiger charge is 2.30. The van der Waals surface area contributed by atoms with Crippen LogP contribution in [0.15, 0.2) is 107 Å². The lowest BCUT2D eigenvalue weighted by molar-refractivity contribution is -0.644. The minimum absolute atomic E-state index is 0.996. The zero-order valence-corrected chi connectivity index (χ0v) is 22.7. The van der Waals surface area contributed by atoms with Crippen molar-refractivity contribution >= 4 is 34.4 Å². The molecule has 0 fully saturated rings. The Hall–Kier alpha value is -3.56. The van der Waals surface area contributed by atoms with E-state index in [0.717, 1.165) is 13.0 Å². The van der Waals surface area contributed by atoms with Gasteiger partial charge < -0.3 is 4.90 Å². The second-order valence-corrected chi connectivity index (χ2v) is 11.1. The van der Waals surface area contributed by atoms with Gasteiger partial charge in [0.25, 0.3) is 0 Å². The van der Waals surface area contributed by atoms with Gasteiger partial charge in [0.1, 0.15) is 7.05 Å². The topological polar surface area (TPSA) is 7.12 Å². The Morgan fingerprint density at radius 2 is 1.89 bits per heavy atom. The third-order valence-electron chi connectivity index (χ3n) is 7.47. The Labute approximate surface area is 224 Å². The van der Waals surface area contributed by atoms with Gasteiger partial charge in [-0.05, 0) is 83.9 Å².